The maximum atomic E-state index is 12.4. The summed E-state index contributed by atoms with van der Waals surface area (Å²) in [6.07, 6.45) is 0.815. The third-order valence-electron chi connectivity index (χ3n) is 3.06. The SMILES string of the molecule is CCCCOC(=O)C(O)C(C(=O)c1ccccc1O)S(C)=O. The average molecular weight is 328 g/mol. The fourth-order valence-corrected chi connectivity index (χ4v) is 2.74. The summed E-state index contributed by atoms with van der Waals surface area (Å²) >= 11 is 0. The van der Waals surface area contributed by atoms with Gasteiger partial charge in [0.2, 0.25) is 0 Å². The Bertz CT molecular complexity index is 557. The Morgan fingerprint density at radius 3 is 2.50 bits per heavy atom. The Morgan fingerprint density at radius 1 is 1.32 bits per heavy atom. The van der Waals surface area contributed by atoms with Gasteiger partial charge in [-0.1, -0.05) is 25.5 Å². The molecule has 122 valence electrons. The molecule has 0 aromatic heterocycles. The van der Waals surface area contributed by atoms with Crippen LogP contribution in [0.4, 0.5) is 0 Å². The normalized spacial score (nSPS) is 14.9. The molecule has 2 N–H and O–H groups in total. The van der Waals surface area contributed by atoms with Crippen molar-refractivity contribution < 1.29 is 28.7 Å². The summed E-state index contributed by atoms with van der Waals surface area (Å²) in [5.74, 6) is -2.05. The van der Waals surface area contributed by atoms with E-state index in [1.807, 2.05) is 6.92 Å². The first-order valence-electron chi connectivity index (χ1n) is 6.89. The van der Waals surface area contributed by atoms with E-state index in [-0.39, 0.29) is 17.9 Å². The lowest BCUT2D eigenvalue weighted by Gasteiger charge is -2.19. The van der Waals surface area contributed by atoms with Crippen LogP contribution in [0.2, 0.25) is 0 Å². The van der Waals surface area contributed by atoms with Crippen LogP contribution in [0.5, 0.6) is 5.75 Å². The van der Waals surface area contributed by atoms with Gasteiger partial charge >= 0.3 is 5.97 Å². The number of aliphatic hydroxyl groups is 1. The Kier molecular flexibility index (Phi) is 7.20. The fraction of sp³-hybridized carbons (Fsp3) is 0.467. The van der Waals surface area contributed by atoms with Crippen LogP contribution in [0.15, 0.2) is 24.3 Å². The fourth-order valence-electron chi connectivity index (χ4n) is 1.84. The minimum atomic E-state index is -1.84. The lowest BCUT2D eigenvalue weighted by Crippen LogP contribution is -2.43. The average Bonchev–Trinajstić information content (AvgIpc) is 2.47. The standard InChI is InChI=1S/C15H20O6S/c1-3-4-9-21-15(19)13(18)14(22(2)20)12(17)10-7-5-6-8-11(10)16/h5-8,13-14,16,18H,3-4,9H2,1-2H3. The van der Waals surface area contributed by atoms with Crippen molar-refractivity contribution in [3.63, 3.8) is 0 Å². The first-order valence-corrected chi connectivity index (χ1v) is 8.51. The molecule has 0 aliphatic heterocycles. The van der Waals surface area contributed by atoms with E-state index in [0.29, 0.717) is 6.42 Å². The van der Waals surface area contributed by atoms with Crippen LogP contribution < -0.4 is 0 Å². The summed E-state index contributed by atoms with van der Waals surface area (Å²) < 4.78 is 16.6. The van der Waals surface area contributed by atoms with E-state index in [9.17, 15) is 24.0 Å². The maximum Gasteiger partial charge on any atom is 0.336 e. The zero-order chi connectivity index (χ0) is 16.7. The molecule has 1 aromatic carbocycles. The van der Waals surface area contributed by atoms with Crippen LogP contribution >= 0.6 is 0 Å². The highest BCUT2D eigenvalue weighted by molar-refractivity contribution is 7.85. The number of unbranched alkanes of at least 4 members (excludes halogenated alkanes) is 1. The number of esters is 1. The van der Waals surface area contributed by atoms with Crippen molar-refractivity contribution in [3.05, 3.63) is 29.8 Å². The van der Waals surface area contributed by atoms with Crippen LogP contribution in [0.1, 0.15) is 30.1 Å². The van der Waals surface area contributed by atoms with Crippen molar-refractivity contribution in [3.8, 4) is 5.75 Å². The van der Waals surface area contributed by atoms with Crippen molar-refractivity contribution in [2.75, 3.05) is 12.9 Å². The molecule has 0 saturated heterocycles. The van der Waals surface area contributed by atoms with Crippen LogP contribution in [0, 0.1) is 0 Å². The molecule has 0 aliphatic carbocycles. The number of para-hydroxylation sites is 1. The highest BCUT2D eigenvalue weighted by Crippen LogP contribution is 2.21. The number of carbonyl (C=O) groups is 2. The van der Waals surface area contributed by atoms with E-state index < -0.39 is 33.9 Å². The Balaban J connectivity index is 2.94. The molecular weight excluding hydrogens is 308 g/mol. The quantitative estimate of drug-likeness (QED) is 0.420. The number of hydrogen-bond donors (Lipinski definition) is 2. The second-order valence-corrected chi connectivity index (χ2v) is 6.27. The van der Waals surface area contributed by atoms with Gasteiger partial charge in [-0.05, 0) is 18.6 Å². The summed E-state index contributed by atoms with van der Waals surface area (Å²) in [7, 11) is -1.81. The highest BCUT2D eigenvalue weighted by atomic mass is 32.2. The van der Waals surface area contributed by atoms with Gasteiger partial charge < -0.3 is 14.9 Å². The van der Waals surface area contributed by atoms with Gasteiger partial charge in [-0.15, -0.1) is 0 Å². The molecule has 7 heteroatoms. The molecule has 0 saturated carbocycles. The summed E-state index contributed by atoms with van der Waals surface area (Å²) in [6.45, 7) is 2.04. The largest absolute Gasteiger partial charge is 0.507 e. The maximum absolute atomic E-state index is 12.4. The number of carbonyl (C=O) groups excluding carboxylic acids is 2. The van der Waals surface area contributed by atoms with E-state index in [0.717, 1.165) is 6.42 Å². The van der Waals surface area contributed by atoms with Crippen molar-refractivity contribution in [2.24, 2.45) is 0 Å². The highest BCUT2D eigenvalue weighted by Gasteiger charge is 2.37. The lowest BCUT2D eigenvalue weighted by atomic mass is 10.0. The van der Waals surface area contributed by atoms with E-state index in [1.165, 1.54) is 30.5 Å². The van der Waals surface area contributed by atoms with Crippen molar-refractivity contribution in [1.29, 1.82) is 0 Å². The number of benzene rings is 1. The molecule has 3 atom stereocenters. The summed E-state index contributed by atoms with van der Waals surface area (Å²) in [4.78, 5) is 24.1. The number of Topliss-reactive ketones (excluding diaryl/α,β-unsaturated/α-hetero) is 1. The molecule has 0 heterocycles. The number of ether oxygens (including phenoxy) is 1. The summed E-state index contributed by atoms with van der Waals surface area (Å²) in [5, 5.41) is 18.2. The molecule has 6 nitrogen and oxygen atoms in total. The smallest absolute Gasteiger partial charge is 0.336 e. The number of aromatic hydroxyl groups is 1. The van der Waals surface area contributed by atoms with Crippen molar-refractivity contribution >= 4 is 22.6 Å². The molecule has 0 spiro atoms. The van der Waals surface area contributed by atoms with Gasteiger partial charge in [-0.3, -0.25) is 9.00 Å². The Morgan fingerprint density at radius 2 is 1.95 bits per heavy atom. The van der Waals surface area contributed by atoms with E-state index in [4.69, 9.17) is 4.74 Å². The third kappa shape index (κ3) is 4.64. The molecule has 22 heavy (non-hydrogen) atoms. The number of phenols is 1. The number of hydrogen-bond acceptors (Lipinski definition) is 6. The third-order valence-corrected chi connectivity index (χ3v) is 4.24. The topological polar surface area (TPSA) is 101 Å². The number of rotatable bonds is 8. The second-order valence-electron chi connectivity index (χ2n) is 4.77. The van der Waals surface area contributed by atoms with E-state index >= 15 is 0 Å². The van der Waals surface area contributed by atoms with E-state index in [1.54, 1.807) is 0 Å². The van der Waals surface area contributed by atoms with Crippen molar-refractivity contribution in [1.82, 2.24) is 0 Å². The van der Waals surface area contributed by atoms with Gasteiger partial charge in [0.15, 0.2) is 11.9 Å². The van der Waals surface area contributed by atoms with Gasteiger partial charge in [-0.25, -0.2) is 4.79 Å². The van der Waals surface area contributed by atoms with Crippen molar-refractivity contribution in [2.45, 2.75) is 31.1 Å². The minimum Gasteiger partial charge on any atom is -0.507 e. The molecule has 1 rings (SSSR count). The first kappa shape index (κ1) is 18.3. The van der Waals surface area contributed by atoms with Crippen LogP contribution in [0.25, 0.3) is 0 Å². The Labute approximate surface area is 131 Å². The predicted octanol–water partition coefficient (Wildman–Crippen LogP) is 1.03. The van der Waals surface area contributed by atoms with Gasteiger partial charge in [0, 0.05) is 17.1 Å². The number of phenolic OH excluding ortho intramolecular Hbond substituents is 1. The summed E-state index contributed by atoms with van der Waals surface area (Å²) in [5.41, 5.74) is -0.0943. The predicted molar refractivity (Wildman–Crippen MR) is 82.2 cm³/mol. The van der Waals surface area contributed by atoms with Gasteiger partial charge in [0.05, 0.1) is 12.2 Å². The lowest BCUT2D eigenvalue weighted by molar-refractivity contribution is -0.153. The zero-order valence-corrected chi connectivity index (χ0v) is 13.3. The zero-order valence-electron chi connectivity index (χ0n) is 12.5. The number of aliphatic hydroxyl groups excluding tert-OH is 1. The molecule has 0 fully saturated rings. The number of ketones is 1. The van der Waals surface area contributed by atoms with E-state index in [2.05, 4.69) is 0 Å². The van der Waals surface area contributed by atoms with Gasteiger partial charge in [0.1, 0.15) is 11.0 Å². The van der Waals surface area contributed by atoms with Crippen LogP contribution in [-0.2, 0) is 20.3 Å². The molecule has 0 amide bonds. The second kappa shape index (κ2) is 8.65. The summed E-state index contributed by atoms with van der Waals surface area (Å²) in [6, 6.07) is 5.69. The van der Waals surface area contributed by atoms with Gasteiger partial charge in [-0.2, -0.15) is 0 Å². The minimum absolute atomic E-state index is 0.0943. The molecule has 0 bridgehead atoms. The molecule has 3 unspecified atom stereocenters. The molecule has 1 aromatic rings. The Hall–Kier alpha value is -1.73. The van der Waals surface area contributed by atoms with Crippen LogP contribution in [-0.4, -0.2) is 50.4 Å². The molecule has 0 aliphatic rings. The molecular formula is C15H20O6S. The molecule has 0 radical (unpaired) electrons. The monoisotopic (exact) mass is 328 g/mol. The first-order chi connectivity index (χ1) is 10.4. The van der Waals surface area contributed by atoms with Gasteiger partial charge in [0.25, 0.3) is 0 Å². The van der Waals surface area contributed by atoms with Crippen LogP contribution in [0.3, 0.4) is 0 Å².